The quantitative estimate of drug-likeness (QED) is 0.797. The molecule has 4 nitrogen and oxygen atoms in total. The van der Waals surface area contributed by atoms with E-state index in [0.717, 1.165) is 23.5 Å². The molecule has 2 atom stereocenters. The van der Waals surface area contributed by atoms with Crippen molar-refractivity contribution in [2.45, 2.75) is 31.8 Å². The van der Waals surface area contributed by atoms with Gasteiger partial charge in [-0.2, -0.15) is 0 Å². The van der Waals surface area contributed by atoms with Crippen LogP contribution in [-0.4, -0.2) is 35.3 Å². The van der Waals surface area contributed by atoms with Crippen LogP contribution in [-0.2, 0) is 0 Å². The zero-order valence-corrected chi connectivity index (χ0v) is 11.0. The van der Waals surface area contributed by atoms with Gasteiger partial charge in [0, 0.05) is 12.6 Å². The van der Waals surface area contributed by atoms with E-state index < -0.39 is 23.4 Å². The highest BCUT2D eigenvalue weighted by atomic mass is 19.2. The minimum Gasteiger partial charge on any atom is -0.312 e. The zero-order chi connectivity index (χ0) is 14.4. The molecule has 0 radical (unpaired) electrons. The predicted octanol–water partition coefficient (Wildman–Crippen LogP) is 1.70. The standard InChI is InChI=1S/C14H14F2N2O2/c1-7-2-3-8(6-17-7)18-13(19)9-4-11(15)12(16)5-10(9)14(18)20/h4-5,7-8,17H,2-3,6H2,1H3. The molecule has 6 heteroatoms. The molecular formula is C14H14F2N2O2. The van der Waals surface area contributed by atoms with E-state index in [1.54, 1.807) is 0 Å². The number of nitrogens with one attached hydrogen (secondary N) is 1. The van der Waals surface area contributed by atoms with Gasteiger partial charge in [-0.25, -0.2) is 8.78 Å². The van der Waals surface area contributed by atoms with Gasteiger partial charge in [0.2, 0.25) is 0 Å². The molecule has 20 heavy (non-hydrogen) atoms. The van der Waals surface area contributed by atoms with Crippen LogP contribution in [0.4, 0.5) is 8.78 Å². The maximum Gasteiger partial charge on any atom is 0.261 e. The van der Waals surface area contributed by atoms with Gasteiger partial charge >= 0.3 is 0 Å². The average molecular weight is 280 g/mol. The van der Waals surface area contributed by atoms with Crippen molar-refractivity contribution in [3.8, 4) is 0 Å². The first-order valence-corrected chi connectivity index (χ1v) is 6.59. The Balaban J connectivity index is 1.93. The monoisotopic (exact) mass is 280 g/mol. The van der Waals surface area contributed by atoms with E-state index in [9.17, 15) is 18.4 Å². The van der Waals surface area contributed by atoms with Gasteiger partial charge in [0.25, 0.3) is 11.8 Å². The lowest BCUT2D eigenvalue weighted by Crippen LogP contribution is -2.50. The molecule has 0 saturated carbocycles. The van der Waals surface area contributed by atoms with Crippen LogP contribution in [0, 0.1) is 11.6 Å². The Kier molecular flexibility index (Phi) is 3.05. The molecule has 2 aliphatic heterocycles. The highest BCUT2D eigenvalue weighted by Crippen LogP contribution is 2.29. The SMILES string of the molecule is CC1CCC(N2C(=O)c3cc(F)c(F)cc3C2=O)CN1. The average Bonchev–Trinajstić information content (AvgIpc) is 2.65. The summed E-state index contributed by atoms with van der Waals surface area (Å²) in [4.78, 5) is 25.6. The summed E-state index contributed by atoms with van der Waals surface area (Å²) in [5.74, 6) is -3.29. The largest absolute Gasteiger partial charge is 0.312 e. The lowest BCUT2D eigenvalue weighted by Gasteiger charge is -2.32. The highest BCUT2D eigenvalue weighted by Gasteiger charge is 2.41. The summed E-state index contributed by atoms with van der Waals surface area (Å²) in [7, 11) is 0. The topological polar surface area (TPSA) is 49.4 Å². The van der Waals surface area contributed by atoms with E-state index in [4.69, 9.17) is 0 Å². The van der Waals surface area contributed by atoms with Crippen molar-refractivity contribution in [2.24, 2.45) is 0 Å². The first kappa shape index (κ1) is 13.2. The van der Waals surface area contributed by atoms with Gasteiger partial charge in [-0.1, -0.05) is 0 Å². The molecule has 2 unspecified atom stereocenters. The summed E-state index contributed by atoms with van der Waals surface area (Å²) in [6.07, 6.45) is 1.55. The summed E-state index contributed by atoms with van der Waals surface area (Å²) >= 11 is 0. The van der Waals surface area contributed by atoms with Crippen molar-refractivity contribution in [1.29, 1.82) is 0 Å². The fourth-order valence-electron chi connectivity index (χ4n) is 2.79. The van der Waals surface area contributed by atoms with Gasteiger partial charge in [0.05, 0.1) is 17.2 Å². The molecular weight excluding hydrogens is 266 g/mol. The summed E-state index contributed by atoms with van der Waals surface area (Å²) in [6.45, 7) is 2.54. The Labute approximate surface area is 114 Å². The summed E-state index contributed by atoms with van der Waals surface area (Å²) in [5.41, 5.74) is -0.0972. The van der Waals surface area contributed by atoms with Gasteiger partial charge in [0.15, 0.2) is 11.6 Å². The Morgan fingerprint density at radius 1 is 1.10 bits per heavy atom. The Morgan fingerprint density at radius 2 is 1.65 bits per heavy atom. The number of rotatable bonds is 1. The van der Waals surface area contributed by atoms with Gasteiger partial charge < -0.3 is 5.32 Å². The number of carbonyl (C=O) groups is 2. The molecule has 0 aliphatic carbocycles. The molecule has 0 spiro atoms. The molecule has 0 aromatic heterocycles. The fraction of sp³-hybridized carbons (Fsp3) is 0.429. The lowest BCUT2D eigenvalue weighted by atomic mass is 10.0. The second-order valence-corrected chi connectivity index (χ2v) is 5.33. The molecule has 1 saturated heterocycles. The van der Waals surface area contributed by atoms with E-state index in [2.05, 4.69) is 5.32 Å². The minimum atomic E-state index is -1.11. The number of amides is 2. The Hall–Kier alpha value is -1.82. The number of halogens is 2. The maximum absolute atomic E-state index is 13.2. The van der Waals surface area contributed by atoms with Crippen molar-refractivity contribution >= 4 is 11.8 Å². The third kappa shape index (κ3) is 1.91. The second kappa shape index (κ2) is 4.63. The normalized spacial score (nSPS) is 26.1. The van der Waals surface area contributed by atoms with Crippen molar-refractivity contribution in [2.75, 3.05) is 6.54 Å². The molecule has 1 aromatic rings. The molecule has 2 amide bonds. The number of hydrogen-bond acceptors (Lipinski definition) is 3. The minimum absolute atomic E-state index is 0.0486. The third-order valence-corrected chi connectivity index (χ3v) is 3.96. The number of nitrogens with zero attached hydrogens (tertiary/aromatic N) is 1. The van der Waals surface area contributed by atoms with Crippen LogP contribution >= 0.6 is 0 Å². The fourth-order valence-corrected chi connectivity index (χ4v) is 2.79. The van der Waals surface area contributed by atoms with E-state index >= 15 is 0 Å². The van der Waals surface area contributed by atoms with Crippen LogP contribution in [0.5, 0.6) is 0 Å². The lowest BCUT2D eigenvalue weighted by molar-refractivity contribution is 0.0550. The Morgan fingerprint density at radius 3 is 2.10 bits per heavy atom. The molecule has 1 aromatic carbocycles. The zero-order valence-electron chi connectivity index (χ0n) is 11.0. The molecule has 2 aliphatic rings. The number of fused-ring (bicyclic) bond motifs is 1. The summed E-state index contributed by atoms with van der Waals surface area (Å²) < 4.78 is 26.5. The van der Waals surface area contributed by atoms with Crippen molar-refractivity contribution in [3.05, 3.63) is 34.9 Å². The highest BCUT2D eigenvalue weighted by molar-refractivity contribution is 6.21. The molecule has 3 rings (SSSR count). The predicted molar refractivity (Wildman–Crippen MR) is 67.3 cm³/mol. The number of benzene rings is 1. The Bertz CT molecular complexity index is 554. The summed E-state index contributed by atoms with van der Waals surface area (Å²) in [6, 6.07) is 1.70. The van der Waals surface area contributed by atoms with Crippen LogP contribution in [0.25, 0.3) is 0 Å². The number of carbonyl (C=O) groups excluding carboxylic acids is 2. The van der Waals surface area contributed by atoms with Crippen molar-refractivity contribution in [1.82, 2.24) is 10.2 Å². The molecule has 106 valence electrons. The van der Waals surface area contributed by atoms with Crippen LogP contribution in [0.15, 0.2) is 12.1 Å². The second-order valence-electron chi connectivity index (χ2n) is 5.33. The van der Waals surface area contributed by atoms with Gasteiger partial charge in [-0.15, -0.1) is 0 Å². The first-order chi connectivity index (χ1) is 9.49. The van der Waals surface area contributed by atoms with Crippen molar-refractivity contribution in [3.63, 3.8) is 0 Å². The van der Waals surface area contributed by atoms with Crippen molar-refractivity contribution < 1.29 is 18.4 Å². The molecule has 0 bridgehead atoms. The van der Waals surface area contributed by atoms with Gasteiger partial charge in [-0.05, 0) is 31.9 Å². The van der Waals surface area contributed by atoms with E-state index in [1.165, 1.54) is 0 Å². The van der Waals surface area contributed by atoms with Crippen LogP contribution in [0.2, 0.25) is 0 Å². The molecule has 2 heterocycles. The third-order valence-electron chi connectivity index (χ3n) is 3.96. The van der Waals surface area contributed by atoms with Crippen LogP contribution < -0.4 is 5.32 Å². The number of hydrogen-bond donors (Lipinski definition) is 1. The molecule has 1 N–H and O–H groups in total. The van der Waals surface area contributed by atoms with E-state index in [-0.39, 0.29) is 17.2 Å². The van der Waals surface area contributed by atoms with Gasteiger partial charge in [0.1, 0.15) is 0 Å². The van der Waals surface area contributed by atoms with E-state index in [0.29, 0.717) is 19.0 Å². The smallest absolute Gasteiger partial charge is 0.261 e. The maximum atomic E-state index is 13.2. The molecule has 1 fully saturated rings. The van der Waals surface area contributed by atoms with E-state index in [1.807, 2.05) is 6.92 Å². The number of piperidine rings is 1. The first-order valence-electron chi connectivity index (χ1n) is 6.59. The summed E-state index contributed by atoms with van der Waals surface area (Å²) in [5, 5.41) is 3.21. The number of imide groups is 1. The van der Waals surface area contributed by atoms with Crippen LogP contribution in [0.1, 0.15) is 40.5 Å². The van der Waals surface area contributed by atoms with Gasteiger partial charge in [-0.3, -0.25) is 14.5 Å². The van der Waals surface area contributed by atoms with Crippen LogP contribution in [0.3, 0.4) is 0 Å².